The molecule has 1 rings (SSSR count). The molecule has 1 aromatic carbocycles. The lowest BCUT2D eigenvalue weighted by Gasteiger charge is -2.28. The first kappa shape index (κ1) is 23.6. The van der Waals surface area contributed by atoms with E-state index in [0.29, 0.717) is 0 Å². The molecule has 1 aromatic rings. The second-order valence-corrected chi connectivity index (χ2v) is 7.78. The molecule has 3 heteroatoms. The molecule has 0 heterocycles. The normalized spacial score (nSPS) is 12.8. The van der Waals surface area contributed by atoms with E-state index >= 15 is 0 Å². The zero-order chi connectivity index (χ0) is 20.4. The van der Waals surface area contributed by atoms with Gasteiger partial charge >= 0.3 is 0 Å². The minimum atomic E-state index is 1.03. The third-order valence-electron chi connectivity index (χ3n) is 4.73. The number of hydrogen-bond donors (Lipinski definition) is 0. The predicted octanol–water partition coefficient (Wildman–Crippen LogP) is 6.85. The van der Waals surface area contributed by atoms with Crippen LogP contribution in [-0.2, 0) is 12.8 Å². The maximum atomic E-state index is 5.15. The Labute approximate surface area is 171 Å². The van der Waals surface area contributed by atoms with Crippen LogP contribution in [0.25, 0.3) is 0 Å². The summed E-state index contributed by atoms with van der Waals surface area (Å²) in [6, 6.07) is 6.63. The quantitative estimate of drug-likeness (QED) is 0.305. The van der Waals surface area contributed by atoms with Gasteiger partial charge in [-0.1, -0.05) is 52.5 Å². The van der Waals surface area contributed by atoms with Crippen molar-refractivity contribution in [2.24, 2.45) is 4.99 Å². The highest BCUT2D eigenvalue weighted by atomic mass is 32.2. The van der Waals surface area contributed by atoms with Crippen LogP contribution in [0, 0.1) is 0 Å². The van der Waals surface area contributed by atoms with Gasteiger partial charge in [0.2, 0.25) is 0 Å². The molecule has 0 radical (unpaired) electrons. The van der Waals surface area contributed by atoms with Gasteiger partial charge in [-0.2, -0.15) is 0 Å². The molecular formula is C24H38N2S. The minimum Gasteiger partial charge on any atom is -0.369 e. The third kappa shape index (κ3) is 6.27. The number of nitrogens with zero attached hydrogens (tertiary/aromatic N) is 2. The maximum Gasteiger partial charge on any atom is 0.120 e. The van der Waals surface area contributed by atoms with Crippen molar-refractivity contribution in [2.75, 3.05) is 19.3 Å². The summed E-state index contributed by atoms with van der Waals surface area (Å²) in [7, 11) is 0. The van der Waals surface area contributed by atoms with Gasteiger partial charge < -0.3 is 4.90 Å². The zero-order valence-electron chi connectivity index (χ0n) is 18.5. The van der Waals surface area contributed by atoms with Gasteiger partial charge in [0.25, 0.3) is 0 Å². The molecule has 2 nitrogen and oxygen atoms in total. The monoisotopic (exact) mass is 386 g/mol. The molecule has 0 saturated heterocycles. The molecular weight excluding hydrogens is 348 g/mol. The zero-order valence-corrected chi connectivity index (χ0v) is 19.3. The molecule has 0 unspecified atom stereocenters. The average molecular weight is 387 g/mol. The van der Waals surface area contributed by atoms with Crippen LogP contribution in [0.5, 0.6) is 0 Å². The fraction of sp³-hybridized carbons (Fsp3) is 0.542. The number of allylic oxidation sites excluding steroid dienone is 1. The molecule has 0 aliphatic heterocycles. The smallest absolute Gasteiger partial charge is 0.120 e. The molecule has 0 amide bonds. The summed E-state index contributed by atoms with van der Waals surface area (Å²) in [6.07, 6.45) is 6.43. The van der Waals surface area contributed by atoms with E-state index in [2.05, 4.69) is 77.5 Å². The standard InChI is InChI=1S/C24H38N2S/c1-9-16-26(17-10-2)23(18(5)6)24(27-8)25-19(7)22-20(11-3)14-13-15-21(22)12-4/h13-15H,5,9-12,16-17H2,1-4,6-8H3/b24-23-,25-19+. The Morgan fingerprint density at radius 1 is 1.00 bits per heavy atom. The minimum absolute atomic E-state index is 1.03. The van der Waals surface area contributed by atoms with Gasteiger partial charge in [-0.15, -0.1) is 11.8 Å². The maximum absolute atomic E-state index is 5.15. The fourth-order valence-electron chi connectivity index (χ4n) is 3.57. The molecule has 0 atom stereocenters. The molecule has 0 saturated carbocycles. The van der Waals surface area contributed by atoms with E-state index in [0.717, 1.165) is 55.1 Å². The summed E-state index contributed by atoms with van der Waals surface area (Å²) >= 11 is 1.73. The summed E-state index contributed by atoms with van der Waals surface area (Å²) in [4.78, 5) is 7.60. The Kier molecular flexibility index (Phi) is 10.5. The molecule has 0 aliphatic rings. The number of hydrogen-bond acceptors (Lipinski definition) is 3. The molecule has 0 bridgehead atoms. The highest BCUT2D eigenvalue weighted by Gasteiger charge is 2.16. The summed E-state index contributed by atoms with van der Waals surface area (Å²) in [5, 5.41) is 1.08. The Morgan fingerprint density at radius 2 is 1.52 bits per heavy atom. The number of thioether (sulfide) groups is 1. The lowest BCUT2D eigenvalue weighted by Crippen LogP contribution is -2.26. The van der Waals surface area contributed by atoms with Crippen LogP contribution < -0.4 is 0 Å². The van der Waals surface area contributed by atoms with E-state index in [1.165, 1.54) is 22.4 Å². The van der Waals surface area contributed by atoms with Crippen molar-refractivity contribution in [3.8, 4) is 0 Å². The van der Waals surface area contributed by atoms with Gasteiger partial charge in [-0.25, -0.2) is 4.99 Å². The molecule has 0 fully saturated rings. The molecule has 0 spiro atoms. The van der Waals surface area contributed by atoms with E-state index in [4.69, 9.17) is 4.99 Å². The number of rotatable bonds is 11. The van der Waals surface area contributed by atoms with Crippen LogP contribution in [0.4, 0.5) is 0 Å². The van der Waals surface area contributed by atoms with Gasteiger partial charge in [0.05, 0.1) is 5.70 Å². The molecule has 27 heavy (non-hydrogen) atoms. The summed E-state index contributed by atoms with van der Waals surface area (Å²) in [5.74, 6) is 0. The van der Waals surface area contributed by atoms with Gasteiger partial charge in [0.1, 0.15) is 5.03 Å². The van der Waals surface area contributed by atoms with Crippen LogP contribution >= 0.6 is 11.8 Å². The van der Waals surface area contributed by atoms with E-state index in [9.17, 15) is 0 Å². The predicted molar refractivity (Wildman–Crippen MR) is 125 cm³/mol. The lowest BCUT2D eigenvalue weighted by molar-refractivity contribution is 0.349. The average Bonchev–Trinajstić information content (AvgIpc) is 2.66. The third-order valence-corrected chi connectivity index (χ3v) is 5.40. The summed E-state index contributed by atoms with van der Waals surface area (Å²) < 4.78 is 0. The van der Waals surface area contributed by atoms with Crippen LogP contribution in [-0.4, -0.2) is 30.0 Å². The van der Waals surface area contributed by atoms with E-state index < -0.39 is 0 Å². The van der Waals surface area contributed by atoms with Crippen LogP contribution in [0.3, 0.4) is 0 Å². The van der Waals surface area contributed by atoms with Crippen molar-refractivity contribution in [1.82, 2.24) is 4.90 Å². The number of aliphatic imine (C=N–C) groups is 1. The first-order valence-corrected chi connectivity index (χ1v) is 11.5. The first-order valence-electron chi connectivity index (χ1n) is 10.3. The number of benzene rings is 1. The highest BCUT2D eigenvalue weighted by molar-refractivity contribution is 8.02. The van der Waals surface area contributed by atoms with Gasteiger partial charge in [0, 0.05) is 24.4 Å². The van der Waals surface area contributed by atoms with Crippen molar-refractivity contribution >= 4 is 17.5 Å². The van der Waals surface area contributed by atoms with Crippen molar-refractivity contribution in [3.05, 3.63) is 57.8 Å². The van der Waals surface area contributed by atoms with E-state index in [1.807, 2.05) is 0 Å². The molecule has 0 aliphatic carbocycles. The van der Waals surface area contributed by atoms with Crippen LogP contribution in [0.1, 0.15) is 71.1 Å². The summed E-state index contributed by atoms with van der Waals surface area (Å²) in [5.41, 5.74) is 7.50. The highest BCUT2D eigenvalue weighted by Crippen LogP contribution is 2.28. The molecule has 0 aromatic heterocycles. The second kappa shape index (κ2) is 12.1. The van der Waals surface area contributed by atoms with Crippen molar-refractivity contribution < 1.29 is 0 Å². The van der Waals surface area contributed by atoms with Gasteiger partial charge in [-0.3, -0.25) is 0 Å². The largest absolute Gasteiger partial charge is 0.369 e. The van der Waals surface area contributed by atoms with Crippen molar-refractivity contribution in [3.63, 3.8) is 0 Å². The van der Waals surface area contributed by atoms with Crippen LogP contribution in [0.2, 0.25) is 0 Å². The van der Waals surface area contributed by atoms with Gasteiger partial charge in [0.15, 0.2) is 0 Å². The Balaban J connectivity index is 3.57. The van der Waals surface area contributed by atoms with E-state index in [-0.39, 0.29) is 0 Å². The van der Waals surface area contributed by atoms with Crippen molar-refractivity contribution in [1.29, 1.82) is 0 Å². The number of aryl methyl sites for hydroxylation is 2. The topological polar surface area (TPSA) is 15.6 Å². The SMILES string of the molecule is C=C(C)/C(=C(\N=C(/C)c1c(CC)cccc1CC)SC)N(CCC)CCC. The second-order valence-electron chi connectivity index (χ2n) is 6.98. The summed E-state index contributed by atoms with van der Waals surface area (Å²) in [6.45, 7) is 19.5. The molecule has 150 valence electrons. The Bertz CT molecular complexity index is 657. The Morgan fingerprint density at radius 3 is 1.89 bits per heavy atom. The Hall–Kier alpha value is -1.48. The van der Waals surface area contributed by atoms with E-state index in [1.54, 1.807) is 11.8 Å². The van der Waals surface area contributed by atoms with Crippen LogP contribution in [0.15, 0.2) is 46.1 Å². The van der Waals surface area contributed by atoms with Crippen molar-refractivity contribution in [2.45, 2.75) is 67.2 Å². The lowest BCUT2D eigenvalue weighted by atomic mass is 9.94. The van der Waals surface area contributed by atoms with Gasteiger partial charge in [-0.05, 0) is 62.5 Å². The fourth-order valence-corrected chi connectivity index (χ4v) is 4.30. The first-order chi connectivity index (χ1) is 12.9. The molecule has 0 N–H and O–H groups in total.